The summed E-state index contributed by atoms with van der Waals surface area (Å²) < 4.78 is 5.90. The lowest BCUT2D eigenvalue weighted by Gasteiger charge is -2.25. The van der Waals surface area contributed by atoms with Crippen molar-refractivity contribution >= 4 is 11.8 Å². The molecular weight excluding hydrogens is 268 g/mol. The van der Waals surface area contributed by atoms with Gasteiger partial charge in [-0.3, -0.25) is 4.90 Å². The van der Waals surface area contributed by atoms with Crippen molar-refractivity contribution in [1.82, 2.24) is 10.2 Å². The monoisotopic (exact) mass is 298 g/mol. The van der Waals surface area contributed by atoms with Crippen LogP contribution in [0.5, 0.6) is 0 Å². The summed E-state index contributed by atoms with van der Waals surface area (Å²) in [6.45, 7) is 10.4. The predicted octanol–water partition coefficient (Wildman–Crippen LogP) is 3.66. The molecule has 1 unspecified atom stereocenters. The van der Waals surface area contributed by atoms with Crippen LogP contribution in [0.15, 0.2) is 10.5 Å². The van der Waals surface area contributed by atoms with Gasteiger partial charge in [0.1, 0.15) is 11.5 Å². The molecule has 0 saturated heterocycles. The Balaban J connectivity index is 2.61. The zero-order valence-corrected chi connectivity index (χ0v) is 14.6. The number of nitrogens with zero attached hydrogens (tertiary/aromatic N) is 1. The Kier molecular flexibility index (Phi) is 7.70. The summed E-state index contributed by atoms with van der Waals surface area (Å²) in [6, 6.07) is 3.32. The van der Waals surface area contributed by atoms with Gasteiger partial charge in [0.2, 0.25) is 0 Å². The number of hydrogen-bond donors (Lipinski definition) is 1. The number of aryl methyl sites for hydroxylation is 1. The van der Waals surface area contributed by atoms with E-state index in [1.807, 2.05) is 11.8 Å². The molecule has 3 nitrogen and oxygen atoms in total. The third kappa shape index (κ3) is 5.51. The van der Waals surface area contributed by atoms with Crippen molar-refractivity contribution in [2.75, 3.05) is 19.1 Å². The van der Waals surface area contributed by atoms with Gasteiger partial charge in [0.05, 0.1) is 6.54 Å². The smallest absolute Gasteiger partial charge is 0.118 e. The molecule has 4 heteroatoms. The van der Waals surface area contributed by atoms with Crippen LogP contribution in [0.2, 0.25) is 0 Å². The van der Waals surface area contributed by atoms with E-state index in [9.17, 15) is 0 Å². The quantitative estimate of drug-likeness (QED) is 0.753. The maximum atomic E-state index is 5.90. The summed E-state index contributed by atoms with van der Waals surface area (Å²) >= 11 is 1.91. The maximum absolute atomic E-state index is 5.90. The van der Waals surface area contributed by atoms with E-state index in [1.165, 1.54) is 17.7 Å². The molecule has 0 aliphatic rings. The molecule has 0 aliphatic heterocycles. The number of nitrogens with one attached hydrogen (secondary N) is 1. The molecule has 0 aliphatic carbocycles. The Morgan fingerprint density at radius 1 is 1.40 bits per heavy atom. The molecular formula is C16H30N2OS. The summed E-state index contributed by atoms with van der Waals surface area (Å²) in [7, 11) is 2.19. The van der Waals surface area contributed by atoms with Gasteiger partial charge >= 0.3 is 0 Å². The van der Waals surface area contributed by atoms with E-state index in [4.69, 9.17) is 4.42 Å². The number of rotatable bonds is 9. The number of furan rings is 1. The van der Waals surface area contributed by atoms with Crippen LogP contribution in [0.3, 0.4) is 0 Å². The molecule has 0 saturated carbocycles. The number of hydrogen-bond acceptors (Lipinski definition) is 4. The van der Waals surface area contributed by atoms with Gasteiger partial charge in [0.25, 0.3) is 0 Å². The normalized spacial score (nSPS) is 13.4. The lowest BCUT2D eigenvalue weighted by molar-refractivity contribution is 0.227. The topological polar surface area (TPSA) is 28.4 Å². The first-order valence-corrected chi connectivity index (χ1v) is 8.88. The van der Waals surface area contributed by atoms with Gasteiger partial charge in [-0.1, -0.05) is 20.8 Å². The molecule has 116 valence electrons. The van der Waals surface area contributed by atoms with E-state index in [-0.39, 0.29) is 0 Å². The van der Waals surface area contributed by atoms with Crippen LogP contribution in [-0.4, -0.2) is 36.0 Å². The summed E-state index contributed by atoms with van der Waals surface area (Å²) in [4.78, 5) is 2.40. The molecule has 1 atom stereocenters. The molecule has 0 spiro atoms. The van der Waals surface area contributed by atoms with Gasteiger partial charge < -0.3 is 9.73 Å². The first-order chi connectivity index (χ1) is 9.47. The molecule has 0 radical (unpaired) electrons. The highest BCUT2D eigenvalue weighted by Crippen LogP contribution is 2.18. The fourth-order valence-electron chi connectivity index (χ4n) is 2.28. The molecule has 1 rings (SSSR count). The Bertz CT molecular complexity index is 390. The molecule has 20 heavy (non-hydrogen) atoms. The minimum Gasteiger partial charge on any atom is -0.465 e. The van der Waals surface area contributed by atoms with Gasteiger partial charge in [-0.15, -0.1) is 0 Å². The van der Waals surface area contributed by atoms with Crippen molar-refractivity contribution in [1.29, 1.82) is 0 Å². The van der Waals surface area contributed by atoms with E-state index in [1.54, 1.807) is 0 Å². The second-order valence-electron chi connectivity index (χ2n) is 5.76. The Morgan fingerprint density at radius 3 is 2.65 bits per heavy atom. The highest BCUT2D eigenvalue weighted by molar-refractivity contribution is 7.98. The van der Waals surface area contributed by atoms with Crippen LogP contribution in [0.25, 0.3) is 0 Å². The van der Waals surface area contributed by atoms with Gasteiger partial charge in [0, 0.05) is 29.9 Å². The average molecular weight is 298 g/mol. The minimum atomic E-state index is 0.501. The van der Waals surface area contributed by atoms with E-state index < -0.39 is 0 Å². The van der Waals surface area contributed by atoms with Crippen LogP contribution in [0.1, 0.15) is 44.3 Å². The first kappa shape index (κ1) is 17.6. The largest absolute Gasteiger partial charge is 0.465 e. The first-order valence-electron chi connectivity index (χ1n) is 7.48. The van der Waals surface area contributed by atoms with Crippen LogP contribution in [-0.2, 0) is 13.1 Å². The molecule has 1 aromatic heterocycles. The van der Waals surface area contributed by atoms with Crippen LogP contribution >= 0.6 is 11.8 Å². The lowest BCUT2D eigenvalue weighted by Crippen LogP contribution is -2.32. The number of thioether (sulfide) groups is 1. The summed E-state index contributed by atoms with van der Waals surface area (Å²) in [6.07, 6.45) is 3.35. The summed E-state index contributed by atoms with van der Waals surface area (Å²) in [5.41, 5.74) is 1.28. The van der Waals surface area contributed by atoms with Crippen molar-refractivity contribution in [2.24, 2.45) is 0 Å². The van der Waals surface area contributed by atoms with E-state index in [2.05, 4.69) is 57.3 Å². The van der Waals surface area contributed by atoms with Gasteiger partial charge in [-0.2, -0.15) is 11.8 Å². The Morgan fingerprint density at radius 2 is 2.10 bits per heavy atom. The Hall–Kier alpha value is -0.450. The van der Waals surface area contributed by atoms with E-state index >= 15 is 0 Å². The minimum absolute atomic E-state index is 0.501. The summed E-state index contributed by atoms with van der Waals surface area (Å²) in [5.74, 6) is 3.29. The Labute approximate surface area is 128 Å². The van der Waals surface area contributed by atoms with Crippen LogP contribution < -0.4 is 5.32 Å². The van der Waals surface area contributed by atoms with Gasteiger partial charge in [0.15, 0.2) is 0 Å². The van der Waals surface area contributed by atoms with Crippen molar-refractivity contribution < 1.29 is 4.42 Å². The third-order valence-corrected chi connectivity index (χ3v) is 4.35. The SMILES string of the molecule is CCC(CSC)N(C)Cc1cc(CNC(C)C)c(C)o1. The molecule has 0 bridgehead atoms. The van der Waals surface area contributed by atoms with Crippen molar-refractivity contribution in [3.63, 3.8) is 0 Å². The van der Waals surface area contributed by atoms with Crippen LogP contribution in [0.4, 0.5) is 0 Å². The van der Waals surface area contributed by atoms with Crippen molar-refractivity contribution in [3.05, 3.63) is 23.2 Å². The fraction of sp³-hybridized carbons (Fsp3) is 0.750. The average Bonchev–Trinajstić information content (AvgIpc) is 2.73. The fourth-order valence-corrected chi connectivity index (χ4v) is 3.15. The zero-order valence-electron chi connectivity index (χ0n) is 13.8. The van der Waals surface area contributed by atoms with Gasteiger partial charge in [-0.25, -0.2) is 0 Å². The lowest BCUT2D eigenvalue weighted by atomic mass is 10.2. The molecule has 0 fully saturated rings. The molecule has 1 N–H and O–H groups in total. The molecule has 0 aromatic carbocycles. The molecule has 0 amide bonds. The van der Waals surface area contributed by atoms with Crippen LogP contribution in [0, 0.1) is 6.92 Å². The van der Waals surface area contributed by atoms with Gasteiger partial charge in [-0.05, 0) is 32.7 Å². The highest BCUT2D eigenvalue weighted by atomic mass is 32.2. The second kappa shape index (κ2) is 8.75. The standard InChI is InChI=1S/C16H30N2OS/c1-7-15(11-20-6)18(5)10-16-8-14(13(4)19-16)9-17-12(2)3/h8,12,15,17H,7,9-11H2,1-6H3. The molecule has 1 aromatic rings. The third-order valence-electron chi connectivity index (χ3n) is 3.63. The van der Waals surface area contributed by atoms with E-state index in [0.717, 1.165) is 24.6 Å². The van der Waals surface area contributed by atoms with Crippen molar-refractivity contribution in [2.45, 2.75) is 59.3 Å². The predicted molar refractivity (Wildman–Crippen MR) is 89.3 cm³/mol. The van der Waals surface area contributed by atoms with Crippen molar-refractivity contribution in [3.8, 4) is 0 Å². The highest BCUT2D eigenvalue weighted by Gasteiger charge is 2.15. The van der Waals surface area contributed by atoms with E-state index in [0.29, 0.717) is 12.1 Å². The molecule has 1 heterocycles. The summed E-state index contributed by atoms with van der Waals surface area (Å²) in [5, 5.41) is 3.45. The zero-order chi connectivity index (χ0) is 15.1. The second-order valence-corrected chi connectivity index (χ2v) is 6.67. The maximum Gasteiger partial charge on any atom is 0.118 e.